The van der Waals surface area contributed by atoms with Crippen molar-refractivity contribution in [3.63, 3.8) is 0 Å². The SMILES string of the molecule is C=C/C(CC)=C(\C=C)OCCF. The lowest BCUT2D eigenvalue weighted by Gasteiger charge is -2.07. The van der Waals surface area contributed by atoms with Crippen molar-refractivity contribution in [3.8, 4) is 0 Å². The number of hydrogen-bond acceptors (Lipinski definition) is 1. The van der Waals surface area contributed by atoms with Gasteiger partial charge in [-0.15, -0.1) is 0 Å². The smallest absolute Gasteiger partial charge is 0.123 e. The molecule has 0 radical (unpaired) electrons. The summed E-state index contributed by atoms with van der Waals surface area (Å²) < 4.78 is 16.9. The highest BCUT2D eigenvalue weighted by atomic mass is 19.1. The molecule has 12 heavy (non-hydrogen) atoms. The zero-order chi connectivity index (χ0) is 9.40. The minimum Gasteiger partial charge on any atom is -0.491 e. The Labute approximate surface area is 73.2 Å². The first kappa shape index (κ1) is 11.0. The van der Waals surface area contributed by atoms with Gasteiger partial charge in [0.15, 0.2) is 0 Å². The van der Waals surface area contributed by atoms with Gasteiger partial charge in [0, 0.05) is 0 Å². The Morgan fingerprint density at radius 1 is 1.42 bits per heavy atom. The van der Waals surface area contributed by atoms with Crippen molar-refractivity contribution in [2.75, 3.05) is 13.3 Å². The van der Waals surface area contributed by atoms with E-state index in [0.29, 0.717) is 5.76 Å². The monoisotopic (exact) mass is 170 g/mol. The molecule has 0 aromatic carbocycles. The van der Waals surface area contributed by atoms with Crippen LogP contribution in [0, 0.1) is 0 Å². The summed E-state index contributed by atoms with van der Waals surface area (Å²) in [5, 5.41) is 0. The van der Waals surface area contributed by atoms with Crippen LogP contribution in [0.4, 0.5) is 4.39 Å². The molecule has 0 aliphatic heterocycles. The molecule has 0 rings (SSSR count). The molecule has 0 unspecified atom stereocenters. The highest BCUT2D eigenvalue weighted by molar-refractivity contribution is 5.26. The highest BCUT2D eigenvalue weighted by Gasteiger charge is 1.98. The van der Waals surface area contributed by atoms with E-state index in [4.69, 9.17) is 4.74 Å². The maximum Gasteiger partial charge on any atom is 0.123 e. The van der Waals surface area contributed by atoms with E-state index >= 15 is 0 Å². The molecule has 0 fully saturated rings. The topological polar surface area (TPSA) is 9.23 Å². The van der Waals surface area contributed by atoms with E-state index in [9.17, 15) is 4.39 Å². The number of allylic oxidation sites excluding steroid dienone is 3. The molecule has 0 bridgehead atoms. The average Bonchev–Trinajstić information content (AvgIpc) is 2.12. The summed E-state index contributed by atoms with van der Waals surface area (Å²) in [6.45, 7) is 8.79. The van der Waals surface area contributed by atoms with Gasteiger partial charge in [-0.05, 0) is 18.1 Å². The third-order valence-corrected chi connectivity index (χ3v) is 1.46. The fourth-order valence-electron chi connectivity index (χ4n) is 0.850. The van der Waals surface area contributed by atoms with Gasteiger partial charge < -0.3 is 4.74 Å². The molecule has 1 nitrogen and oxygen atoms in total. The van der Waals surface area contributed by atoms with Gasteiger partial charge in [-0.2, -0.15) is 0 Å². The Morgan fingerprint density at radius 2 is 2.08 bits per heavy atom. The molecular formula is C10H15FO. The molecule has 0 atom stereocenters. The van der Waals surface area contributed by atoms with Crippen molar-refractivity contribution in [2.45, 2.75) is 13.3 Å². The highest BCUT2D eigenvalue weighted by Crippen LogP contribution is 2.11. The Morgan fingerprint density at radius 3 is 2.42 bits per heavy atom. The summed E-state index contributed by atoms with van der Waals surface area (Å²) >= 11 is 0. The van der Waals surface area contributed by atoms with E-state index in [1.165, 1.54) is 0 Å². The Bertz CT molecular complexity index is 182. The summed E-state index contributed by atoms with van der Waals surface area (Å²) in [7, 11) is 0. The predicted octanol–water partition coefficient (Wildman–Crippen LogP) is 3.01. The minimum atomic E-state index is -0.481. The Hall–Kier alpha value is -1.05. The number of ether oxygens (including phenoxy) is 1. The predicted molar refractivity (Wildman–Crippen MR) is 49.6 cm³/mol. The van der Waals surface area contributed by atoms with Crippen molar-refractivity contribution >= 4 is 0 Å². The fraction of sp³-hybridized carbons (Fsp3) is 0.400. The standard InChI is InChI=1S/C10H15FO/c1-4-9(5-2)10(6-3)12-8-7-11/h4,6H,1,3,5,7-8H2,2H3/b10-9-. The van der Waals surface area contributed by atoms with Crippen molar-refractivity contribution in [3.05, 3.63) is 36.6 Å². The summed E-state index contributed by atoms with van der Waals surface area (Å²) in [4.78, 5) is 0. The second-order valence-electron chi connectivity index (χ2n) is 2.19. The van der Waals surface area contributed by atoms with Crippen LogP contribution < -0.4 is 0 Å². The molecule has 0 saturated heterocycles. The zero-order valence-electron chi connectivity index (χ0n) is 7.48. The molecule has 0 aromatic heterocycles. The van der Waals surface area contributed by atoms with Crippen LogP contribution in [0.1, 0.15) is 13.3 Å². The molecular weight excluding hydrogens is 155 g/mol. The summed E-state index contributed by atoms with van der Waals surface area (Å²) in [6.07, 6.45) is 4.10. The first-order valence-electron chi connectivity index (χ1n) is 3.96. The molecule has 0 spiro atoms. The van der Waals surface area contributed by atoms with Crippen molar-refractivity contribution in [1.82, 2.24) is 0 Å². The molecule has 0 amide bonds. The van der Waals surface area contributed by atoms with Gasteiger partial charge in [0.25, 0.3) is 0 Å². The van der Waals surface area contributed by atoms with Gasteiger partial charge in [0.05, 0.1) is 0 Å². The van der Waals surface area contributed by atoms with Gasteiger partial charge >= 0.3 is 0 Å². The van der Waals surface area contributed by atoms with E-state index in [0.717, 1.165) is 12.0 Å². The summed E-state index contributed by atoms with van der Waals surface area (Å²) in [5.74, 6) is 0.630. The number of hydrogen-bond donors (Lipinski definition) is 0. The van der Waals surface area contributed by atoms with E-state index in [1.807, 2.05) is 6.92 Å². The molecule has 0 N–H and O–H groups in total. The lowest BCUT2D eigenvalue weighted by molar-refractivity contribution is 0.195. The van der Waals surface area contributed by atoms with Crippen LogP contribution in [0.25, 0.3) is 0 Å². The number of halogens is 1. The van der Waals surface area contributed by atoms with E-state index < -0.39 is 6.67 Å². The third kappa shape index (κ3) is 3.37. The van der Waals surface area contributed by atoms with E-state index in [2.05, 4.69) is 13.2 Å². The van der Waals surface area contributed by atoms with Crippen molar-refractivity contribution in [1.29, 1.82) is 0 Å². The summed E-state index contributed by atoms with van der Waals surface area (Å²) in [6, 6.07) is 0. The van der Waals surface area contributed by atoms with Gasteiger partial charge in [0.2, 0.25) is 0 Å². The van der Waals surface area contributed by atoms with Crippen molar-refractivity contribution in [2.24, 2.45) is 0 Å². The van der Waals surface area contributed by atoms with E-state index in [1.54, 1.807) is 12.2 Å². The molecule has 0 aliphatic carbocycles. The van der Waals surface area contributed by atoms with Crippen LogP contribution in [0.15, 0.2) is 36.6 Å². The van der Waals surface area contributed by atoms with Gasteiger partial charge in [-0.3, -0.25) is 0 Å². The maximum atomic E-state index is 11.8. The van der Waals surface area contributed by atoms with Gasteiger partial charge in [-0.25, -0.2) is 4.39 Å². The number of alkyl halides is 1. The van der Waals surface area contributed by atoms with Gasteiger partial charge in [0.1, 0.15) is 19.0 Å². The van der Waals surface area contributed by atoms with Gasteiger partial charge in [-0.1, -0.05) is 26.2 Å². The molecule has 0 saturated carbocycles. The molecule has 2 heteroatoms. The fourth-order valence-corrected chi connectivity index (χ4v) is 0.850. The van der Waals surface area contributed by atoms with Crippen LogP contribution in [-0.4, -0.2) is 13.3 Å². The Kier molecular flexibility index (Phi) is 6.07. The minimum absolute atomic E-state index is 0.0820. The lowest BCUT2D eigenvalue weighted by atomic mass is 10.1. The van der Waals surface area contributed by atoms with E-state index in [-0.39, 0.29) is 6.61 Å². The first-order valence-corrected chi connectivity index (χ1v) is 3.96. The maximum absolute atomic E-state index is 11.8. The zero-order valence-corrected chi connectivity index (χ0v) is 7.48. The van der Waals surface area contributed by atoms with Crippen LogP contribution in [0.2, 0.25) is 0 Å². The molecule has 0 aliphatic rings. The molecule has 68 valence electrons. The second-order valence-corrected chi connectivity index (χ2v) is 2.19. The first-order chi connectivity index (χ1) is 5.79. The molecule has 0 aromatic rings. The van der Waals surface area contributed by atoms with Crippen LogP contribution in [-0.2, 0) is 4.74 Å². The second kappa shape index (κ2) is 6.65. The average molecular weight is 170 g/mol. The summed E-state index contributed by atoms with van der Waals surface area (Å²) in [5.41, 5.74) is 0.957. The quantitative estimate of drug-likeness (QED) is 0.440. The lowest BCUT2D eigenvalue weighted by Crippen LogP contribution is -1.97. The largest absolute Gasteiger partial charge is 0.491 e. The normalized spacial score (nSPS) is 11.8. The van der Waals surface area contributed by atoms with Crippen LogP contribution in [0.5, 0.6) is 0 Å². The van der Waals surface area contributed by atoms with Crippen LogP contribution >= 0.6 is 0 Å². The van der Waals surface area contributed by atoms with Crippen LogP contribution in [0.3, 0.4) is 0 Å². The molecule has 0 heterocycles. The van der Waals surface area contributed by atoms with Crippen molar-refractivity contribution < 1.29 is 9.13 Å². The Balaban J connectivity index is 4.34. The third-order valence-electron chi connectivity index (χ3n) is 1.46. The number of rotatable bonds is 6.